The van der Waals surface area contributed by atoms with Crippen molar-refractivity contribution in [2.24, 2.45) is 0 Å². The number of fused-ring (bicyclic) bond motifs is 1. The third-order valence-electron chi connectivity index (χ3n) is 5.48. The summed E-state index contributed by atoms with van der Waals surface area (Å²) in [5, 5.41) is 16.3. The molecule has 0 unspecified atom stereocenters. The van der Waals surface area contributed by atoms with Crippen LogP contribution in [0, 0.1) is 0 Å². The summed E-state index contributed by atoms with van der Waals surface area (Å²) in [6.07, 6.45) is 0. The van der Waals surface area contributed by atoms with Crippen LogP contribution in [0.5, 0.6) is 0 Å². The zero-order valence-corrected chi connectivity index (χ0v) is 20.5. The van der Waals surface area contributed by atoms with Gasteiger partial charge in [0.15, 0.2) is 0 Å². The number of aliphatic carboxylic acids is 1. The van der Waals surface area contributed by atoms with Crippen LogP contribution in [0.1, 0.15) is 18.5 Å². The molecular weight excluding hydrogens is 494 g/mol. The number of carbonyl (C=O) groups is 6. The summed E-state index contributed by atoms with van der Waals surface area (Å²) < 4.78 is 4.90. The fourth-order valence-corrected chi connectivity index (χ4v) is 4.97. The van der Waals surface area contributed by atoms with E-state index in [0.29, 0.717) is 5.56 Å². The lowest BCUT2D eigenvalue weighted by atomic mass is 10.0. The highest BCUT2D eigenvalue weighted by atomic mass is 32.2. The fraction of sp³-hybridized carbons (Fsp3) is 0.364. The average molecular weight is 520 g/mol. The number of carboxylic acids is 1. The Morgan fingerprint density at radius 2 is 1.86 bits per heavy atom. The van der Waals surface area contributed by atoms with E-state index in [1.807, 2.05) is 0 Å². The fourth-order valence-electron chi connectivity index (χ4n) is 3.65. The van der Waals surface area contributed by atoms with Crippen molar-refractivity contribution >= 4 is 47.6 Å². The lowest BCUT2D eigenvalue weighted by molar-refractivity contribution is -0.151. The van der Waals surface area contributed by atoms with Gasteiger partial charge in [-0.25, -0.2) is 19.3 Å². The summed E-state index contributed by atoms with van der Waals surface area (Å²) in [5.74, 6) is -3.14. The molecular formula is C22H25N5O8S. The zero-order valence-electron chi connectivity index (χ0n) is 19.6. The molecule has 13 nitrogen and oxygen atoms in total. The molecule has 36 heavy (non-hydrogen) atoms. The van der Waals surface area contributed by atoms with Crippen molar-refractivity contribution in [1.82, 2.24) is 25.8 Å². The highest BCUT2D eigenvalue weighted by molar-refractivity contribution is 8.00. The first-order valence-corrected chi connectivity index (χ1v) is 11.8. The number of rotatable bonds is 7. The number of benzene rings is 1. The normalized spacial score (nSPS) is 19.3. The molecule has 1 aromatic carbocycles. The summed E-state index contributed by atoms with van der Waals surface area (Å²) in [4.78, 5) is 75.2. The van der Waals surface area contributed by atoms with Gasteiger partial charge in [0.2, 0.25) is 5.91 Å². The molecule has 0 aromatic heterocycles. The standard InChI is InChI=1S/C22H25N5O8S/c1-11(28)35-9-13-10-36-19-15(18(30)27(19)16(13)20(31)32)24-17(29)14(12-7-5-4-6-8-12)25-22(34)26(3)21(33)23-2/h4-8,14-15,19H,9-10H2,1-3H3,(H,23,33)(H,24,29)(H,25,34)(H,31,32)/t14-,15+,19+/m0/s1. The predicted octanol–water partition coefficient (Wildman–Crippen LogP) is 0.0102. The van der Waals surface area contributed by atoms with Crippen molar-refractivity contribution < 1.29 is 38.6 Å². The monoisotopic (exact) mass is 519 g/mol. The molecule has 1 fully saturated rings. The van der Waals surface area contributed by atoms with Crippen LogP contribution in [0.4, 0.5) is 9.59 Å². The lowest BCUT2D eigenvalue weighted by Crippen LogP contribution is -2.71. The zero-order chi connectivity index (χ0) is 26.6. The highest BCUT2D eigenvalue weighted by Crippen LogP contribution is 2.40. The molecule has 14 heteroatoms. The summed E-state index contributed by atoms with van der Waals surface area (Å²) in [5.41, 5.74) is 0.391. The summed E-state index contributed by atoms with van der Waals surface area (Å²) >= 11 is 1.21. The van der Waals surface area contributed by atoms with E-state index in [4.69, 9.17) is 4.74 Å². The van der Waals surface area contributed by atoms with E-state index in [9.17, 15) is 33.9 Å². The lowest BCUT2D eigenvalue weighted by Gasteiger charge is -2.49. The van der Waals surface area contributed by atoms with Crippen molar-refractivity contribution in [2.75, 3.05) is 26.5 Å². The maximum atomic E-state index is 13.2. The molecule has 3 rings (SSSR count). The molecule has 0 radical (unpaired) electrons. The SMILES string of the molecule is CNC(=O)N(C)C(=O)N[C@H](C(=O)N[C@@H]1C(=O)N2C(C(=O)O)=C(COC(C)=O)CS[C@H]12)c1ccccc1. The number of thioether (sulfide) groups is 1. The number of ether oxygens (including phenoxy) is 1. The van der Waals surface area contributed by atoms with Crippen LogP contribution in [0.25, 0.3) is 0 Å². The molecule has 0 aliphatic carbocycles. The minimum Gasteiger partial charge on any atom is -0.477 e. The molecule has 1 saturated heterocycles. The third kappa shape index (κ3) is 5.43. The van der Waals surface area contributed by atoms with Gasteiger partial charge in [0.1, 0.15) is 29.8 Å². The number of carboxylic acid groups (broad SMARTS) is 1. The van der Waals surface area contributed by atoms with Gasteiger partial charge in [-0.3, -0.25) is 19.3 Å². The van der Waals surface area contributed by atoms with Gasteiger partial charge < -0.3 is 25.8 Å². The van der Waals surface area contributed by atoms with Crippen molar-refractivity contribution in [3.05, 3.63) is 47.2 Å². The van der Waals surface area contributed by atoms with Crippen LogP contribution in [0.15, 0.2) is 41.6 Å². The molecule has 1 aromatic rings. The van der Waals surface area contributed by atoms with Gasteiger partial charge in [-0.15, -0.1) is 11.8 Å². The number of β-lactam (4-membered cyclic amide) rings is 1. The van der Waals surface area contributed by atoms with Gasteiger partial charge in [-0.1, -0.05) is 30.3 Å². The van der Waals surface area contributed by atoms with Crippen LogP contribution < -0.4 is 16.0 Å². The van der Waals surface area contributed by atoms with E-state index in [1.165, 1.54) is 32.8 Å². The molecule has 4 N–H and O–H groups in total. The Hall–Kier alpha value is -4.07. The summed E-state index contributed by atoms with van der Waals surface area (Å²) in [6.45, 7) is 0.924. The van der Waals surface area contributed by atoms with Gasteiger partial charge in [0.25, 0.3) is 5.91 Å². The van der Waals surface area contributed by atoms with Crippen LogP contribution in [0.3, 0.4) is 0 Å². The number of esters is 1. The Morgan fingerprint density at radius 1 is 1.19 bits per heavy atom. The molecule has 0 spiro atoms. The van der Waals surface area contributed by atoms with Crippen LogP contribution in [0.2, 0.25) is 0 Å². The number of urea groups is 2. The second-order valence-electron chi connectivity index (χ2n) is 7.84. The molecule has 2 aliphatic heterocycles. The summed E-state index contributed by atoms with van der Waals surface area (Å²) in [7, 11) is 2.58. The molecule has 3 atom stereocenters. The number of hydrogen-bond donors (Lipinski definition) is 4. The second-order valence-corrected chi connectivity index (χ2v) is 8.95. The quantitative estimate of drug-likeness (QED) is 0.286. The first-order chi connectivity index (χ1) is 17.1. The maximum Gasteiger partial charge on any atom is 0.352 e. The molecule has 6 amide bonds. The number of nitrogens with one attached hydrogen (secondary N) is 3. The Labute approximate surface area is 210 Å². The third-order valence-corrected chi connectivity index (χ3v) is 6.82. The van der Waals surface area contributed by atoms with Crippen molar-refractivity contribution in [2.45, 2.75) is 24.4 Å². The van der Waals surface area contributed by atoms with Crippen LogP contribution in [-0.2, 0) is 23.9 Å². The molecule has 2 aliphatic rings. The first kappa shape index (κ1) is 26.5. The summed E-state index contributed by atoms with van der Waals surface area (Å²) in [6, 6.07) is 4.40. The van der Waals surface area contributed by atoms with Crippen LogP contribution in [-0.4, -0.2) is 88.6 Å². The van der Waals surface area contributed by atoms with Crippen LogP contribution >= 0.6 is 11.8 Å². The van der Waals surface area contributed by atoms with Gasteiger partial charge in [0, 0.05) is 32.3 Å². The topological polar surface area (TPSA) is 174 Å². The number of imide groups is 1. The molecule has 192 valence electrons. The average Bonchev–Trinajstić information content (AvgIpc) is 2.87. The van der Waals surface area contributed by atoms with Crippen molar-refractivity contribution in [3.8, 4) is 0 Å². The predicted molar refractivity (Wildman–Crippen MR) is 126 cm³/mol. The largest absolute Gasteiger partial charge is 0.477 e. The Bertz CT molecular complexity index is 1120. The number of hydrogen-bond acceptors (Lipinski definition) is 8. The molecule has 2 heterocycles. The first-order valence-electron chi connectivity index (χ1n) is 10.7. The van der Waals surface area contributed by atoms with Crippen molar-refractivity contribution in [3.63, 3.8) is 0 Å². The van der Waals surface area contributed by atoms with Gasteiger partial charge >= 0.3 is 24.0 Å². The smallest absolute Gasteiger partial charge is 0.352 e. The Kier molecular flexibility index (Phi) is 8.19. The van der Waals surface area contributed by atoms with E-state index in [-0.39, 0.29) is 23.6 Å². The van der Waals surface area contributed by atoms with Crippen molar-refractivity contribution in [1.29, 1.82) is 0 Å². The van der Waals surface area contributed by atoms with Gasteiger partial charge in [-0.05, 0) is 5.56 Å². The highest BCUT2D eigenvalue weighted by Gasteiger charge is 2.54. The number of nitrogens with zero attached hydrogens (tertiary/aromatic N) is 2. The van der Waals surface area contributed by atoms with Gasteiger partial charge in [-0.2, -0.15) is 0 Å². The van der Waals surface area contributed by atoms with E-state index in [1.54, 1.807) is 30.3 Å². The minimum absolute atomic E-state index is 0.172. The second kappa shape index (κ2) is 11.1. The molecule has 0 bridgehead atoms. The van der Waals surface area contributed by atoms with E-state index >= 15 is 0 Å². The maximum absolute atomic E-state index is 13.2. The van der Waals surface area contributed by atoms with E-state index in [2.05, 4.69) is 16.0 Å². The van der Waals surface area contributed by atoms with E-state index in [0.717, 1.165) is 9.80 Å². The van der Waals surface area contributed by atoms with Gasteiger partial charge in [0.05, 0.1) is 0 Å². The Morgan fingerprint density at radius 3 is 2.44 bits per heavy atom. The number of carbonyl (C=O) groups excluding carboxylic acids is 5. The number of amides is 6. The minimum atomic E-state index is -1.35. The molecule has 0 saturated carbocycles. The Balaban J connectivity index is 1.78. The van der Waals surface area contributed by atoms with E-state index < -0.39 is 53.3 Å².